The number of rotatable bonds is 2. The van der Waals surface area contributed by atoms with Gasteiger partial charge < -0.3 is 20.5 Å². The van der Waals surface area contributed by atoms with E-state index in [0.29, 0.717) is 10.9 Å². The number of carboxylic acids is 1. The normalized spacial score (nSPS) is 10.9. The number of nitrogens with two attached hydrogens (primary N) is 1. The van der Waals surface area contributed by atoms with Gasteiger partial charge in [-0.1, -0.05) is 0 Å². The number of fused-ring (bicyclic) bond motifs is 1. The lowest BCUT2D eigenvalue weighted by atomic mass is 10.1. The molecule has 0 spiro atoms. The Morgan fingerprint density at radius 1 is 1.50 bits per heavy atom. The van der Waals surface area contributed by atoms with E-state index in [1.807, 2.05) is 0 Å². The number of aromatic nitrogens is 1. The number of nitrogens with zero attached hydrogens (tertiary/aromatic N) is 1. The van der Waals surface area contributed by atoms with Crippen molar-refractivity contribution in [2.45, 2.75) is 6.54 Å². The molecule has 0 saturated carbocycles. The van der Waals surface area contributed by atoms with Gasteiger partial charge in [-0.25, -0.2) is 4.79 Å². The summed E-state index contributed by atoms with van der Waals surface area (Å²) in [6.07, 6.45) is 0. The van der Waals surface area contributed by atoms with Crippen LogP contribution in [0.1, 0.15) is 16.1 Å². The maximum Gasteiger partial charge on any atom is 0.352 e. The monoisotopic (exact) mass is 220 g/mol. The van der Waals surface area contributed by atoms with Crippen molar-refractivity contribution in [3.63, 3.8) is 0 Å². The molecule has 2 aromatic rings. The highest BCUT2D eigenvalue weighted by Crippen LogP contribution is 2.28. The summed E-state index contributed by atoms with van der Waals surface area (Å²) in [6.45, 7) is 0.173. The highest BCUT2D eigenvalue weighted by Gasteiger charge is 2.15. The van der Waals surface area contributed by atoms with Crippen LogP contribution in [0.15, 0.2) is 18.2 Å². The first-order valence-electron chi connectivity index (χ1n) is 4.80. The molecule has 0 atom stereocenters. The van der Waals surface area contributed by atoms with Gasteiger partial charge in [-0.05, 0) is 18.2 Å². The number of phenolic OH excluding ortho intramolecular Hbond substituents is 1. The molecule has 84 valence electrons. The van der Waals surface area contributed by atoms with Crippen molar-refractivity contribution in [1.82, 2.24) is 4.57 Å². The SMILES string of the molecule is Cn1c(C(=O)O)cc2c(CN)c(O)ccc21. The van der Waals surface area contributed by atoms with Crippen LogP contribution in [0.25, 0.3) is 10.9 Å². The molecule has 0 unspecified atom stereocenters. The Morgan fingerprint density at radius 2 is 2.19 bits per heavy atom. The van der Waals surface area contributed by atoms with E-state index in [1.54, 1.807) is 17.7 Å². The largest absolute Gasteiger partial charge is 0.508 e. The average Bonchev–Trinajstić information content (AvgIpc) is 2.56. The van der Waals surface area contributed by atoms with Crippen molar-refractivity contribution in [1.29, 1.82) is 0 Å². The van der Waals surface area contributed by atoms with E-state index in [1.165, 1.54) is 12.1 Å². The fraction of sp³-hybridized carbons (Fsp3) is 0.182. The van der Waals surface area contributed by atoms with Crippen LogP contribution in [0.4, 0.5) is 0 Å². The Balaban J connectivity index is 2.85. The first kappa shape index (κ1) is 10.5. The predicted octanol–water partition coefficient (Wildman–Crippen LogP) is 1.04. The summed E-state index contributed by atoms with van der Waals surface area (Å²) in [4.78, 5) is 11.0. The molecule has 0 aliphatic carbocycles. The molecule has 0 fully saturated rings. The summed E-state index contributed by atoms with van der Waals surface area (Å²) in [5.74, 6) is -0.904. The molecule has 4 N–H and O–H groups in total. The molecule has 0 aliphatic heterocycles. The number of hydrogen-bond acceptors (Lipinski definition) is 3. The molecule has 0 radical (unpaired) electrons. The van der Waals surface area contributed by atoms with Crippen LogP contribution < -0.4 is 5.73 Å². The molecule has 1 aromatic heterocycles. The van der Waals surface area contributed by atoms with E-state index in [0.717, 1.165) is 5.52 Å². The zero-order chi connectivity index (χ0) is 11.9. The summed E-state index contributed by atoms with van der Waals surface area (Å²) >= 11 is 0. The summed E-state index contributed by atoms with van der Waals surface area (Å²) < 4.78 is 1.57. The Hall–Kier alpha value is -2.01. The molecule has 2 rings (SSSR count). The highest BCUT2D eigenvalue weighted by atomic mass is 16.4. The molecule has 0 bridgehead atoms. The minimum Gasteiger partial charge on any atom is -0.508 e. The molecule has 1 heterocycles. The minimum atomic E-state index is -0.999. The highest BCUT2D eigenvalue weighted by molar-refractivity contribution is 5.96. The van der Waals surface area contributed by atoms with Gasteiger partial charge in [-0.15, -0.1) is 0 Å². The van der Waals surface area contributed by atoms with Crippen LogP contribution in [0.3, 0.4) is 0 Å². The first-order valence-corrected chi connectivity index (χ1v) is 4.80. The van der Waals surface area contributed by atoms with Crippen LogP contribution >= 0.6 is 0 Å². The van der Waals surface area contributed by atoms with Crippen molar-refractivity contribution in [3.8, 4) is 5.75 Å². The number of hydrogen-bond donors (Lipinski definition) is 3. The Bertz CT molecular complexity index is 572. The lowest BCUT2D eigenvalue weighted by Crippen LogP contribution is -2.03. The van der Waals surface area contributed by atoms with E-state index in [-0.39, 0.29) is 18.0 Å². The zero-order valence-electron chi connectivity index (χ0n) is 8.77. The van der Waals surface area contributed by atoms with E-state index >= 15 is 0 Å². The number of phenols is 1. The van der Waals surface area contributed by atoms with Crippen molar-refractivity contribution in [2.24, 2.45) is 12.8 Å². The van der Waals surface area contributed by atoms with E-state index in [9.17, 15) is 9.90 Å². The van der Waals surface area contributed by atoms with Crippen LogP contribution in [0.5, 0.6) is 5.75 Å². The van der Waals surface area contributed by atoms with E-state index in [4.69, 9.17) is 10.8 Å². The van der Waals surface area contributed by atoms with E-state index in [2.05, 4.69) is 0 Å². The number of carbonyl (C=O) groups is 1. The summed E-state index contributed by atoms with van der Waals surface area (Å²) in [6, 6.07) is 4.73. The zero-order valence-corrected chi connectivity index (χ0v) is 8.77. The van der Waals surface area contributed by atoms with Gasteiger partial charge in [0.2, 0.25) is 0 Å². The van der Waals surface area contributed by atoms with Crippen molar-refractivity contribution in [3.05, 3.63) is 29.5 Å². The van der Waals surface area contributed by atoms with Gasteiger partial charge in [-0.3, -0.25) is 0 Å². The van der Waals surface area contributed by atoms with E-state index < -0.39 is 5.97 Å². The third-order valence-corrected chi connectivity index (χ3v) is 2.74. The maximum atomic E-state index is 11.0. The molecule has 16 heavy (non-hydrogen) atoms. The predicted molar refractivity (Wildman–Crippen MR) is 59.4 cm³/mol. The Labute approximate surface area is 91.7 Å². The molecule has 0 saturated heterocycles. The van der Waals surface area contributed by atoms with Crippen molar-refractivity contribution in [2.75, 3.05) is 0 Å². The third-order valence-electron chi connectivity index (χ3n) is 2.74. The average molecular weight is 220 g/mol. The second-order valence-electron chi connectivity index (χ2n) is 3.59. The van der Waals surface area contributed by atoms with Crippen LogP contribution in [-0.2, 0) is 13.6 Å². The summed E-state index contributed by atoms with van der Waals surface area (Å²) in [7, 11) is 1.67. The fourth-order valence-electron chi connectivity index (χ4n) is 1.88. The third kappa shape index (κ3) is 1.33. The van der Waals surface area contributed by atoms with Gasteiger partial charge in [0.15, 0.2) is 0 Å². The molecular formula is C11H12N2O3. The minimum absolute atomic E-state index is 0.0949. The molecular weight excluding hydrogens is 208 g/mol. The Morgan fingerprint density at radius 3 is 2.75 bits per heavy atom. The topological polar surface area (TPSA) is 88.5 Å². The molecule has 5 heteroatoms. The summed E-state index contributed by atoms with van der Waals surface area (Å²) in [5, 5.41) is 19.3. The van der Waals surface area contributed by atoms with Crippen molar-refractivity contribution < 1.29 is 15.0 Å². The first-order chi connectivity index (χ1) is 7.56. The number of aromatic carboxylic acids is 1. The lowest BCUT2D eigenvalue weighted by molar-refractivity contribution is 0.0687. The van der Waals surface area contributed by atoms with Crippen LogP contribution in [0.2, 0.25) is 0 Å². The molecule has 5 nitrogen and oxygen atoms in total. The lowest BCUT2D eigenvalue weighted by Gasteiger charge is -2.04. The molecule has 0 aliphatic rings. The van der Waals surface area contributed by atoms with Crippen LogP contribution in [0, 0.1) is 0 Å². The summed E-state index contributed by atoms with van der Waals surface area (Å²) in [5.41, 5.74) is 7.03. The quantitative estimate of drug-likeness (QED) is 0.705. The van der Waals surface area contributed by atoms with Gasteiger partial charge in [-0.2, -0.15) is 0 Å². The van der Waals surface area contributed by atoms with Crippen LogP contribution in [-0.4, -0.2) is 20.7 Å². The van der Waals surface area contributed by atoms with Gasteiger partial charge in [0.25, 0.3) is 0 Å². The number of carboxylic acid groups (broad SMARTS) is 1. The standard InChI is InChI=1S/C11H12N2O3/c1-13-8-2-3-10(14)7(5-12)6(8)4-9(13)11(15)16/h2-4,14H,5,12H2,1H3,(H,15,16). The molecule has 1 aromatic carbocycles. The fourth-order valence-corrected chi connectivity index (χ4v) is 1.88. The Kier molecular flexibility index (Phi) is 2.32. The maximum absolute atomic E-state index is 11.0. The second-order valence-corrected chi connectivity index (χ2v) is 3.59. The molecule has 0 amide bonds. The van der Waals surface area contributed by atoms with Gasteiger partial charge >= 0.3 is 5.97 Å². The number of aromatic hydroxyl groups is 1. The van der Waals surface area contributed by atoms with Gasteiger partial charge in [0, 0.05) is 30.1 Å². The van der Waals surface area contributed by atoms with Gasteiger partial charge in [0.1, 0.15) is 11.4 Å². The van der Waals surface area contributed by atoms with Gasteiger partial charge in [0.05, 0.1) is 0 Å². The number of aryl methyl sites for hydroxylation is 1. The smallest absolute Gasteiger partial charge is 0.352 e. The second kappa shape index (κ2) is 3.53. The number of benzene rings is 1. The van der Waals surface area contributed by atoms with Crippen molar-refractivity contribution >= 4 is 16.9 Å².